The first-order valence-electron chi connectivity index (χ1n) is 4.91. The lowest BCUT2D eigenvalue weighted by molar-refractivity contribution is 0.470. The van der Waals surface area contributed by atoms with Gasteiger partial charge in [-0.2, -0.15) is 0 Å². The molecule has 1 fully saturated rings. The quantitative estimate of drug-likeness (QED) is 0.723. The number of nitrogens with zero attached hydrogens (tertiary/aromatic N) is 2. The van der Waals surface area contributed by atoms with E-state index in [1.165, 1.54) is 12.8 Å². The number of halogens is 1. The fraction of sp³-hybridized carbons (Fsp3) is 0.500. The first-order chi connectivity index (χ1) is 6.77. The Balaban J connectivity index is 2.16. The van der Waals surface area contributed by atoms with E-state index in [0.29, 0.717) is 5.15 Å². The van der Waals surface area contributed by atoms with Gasteiger partial charge in [0, 0.05) is 6.54 Å². The Hall–Kier alpha value is -0.800. The number of anilines is 1. The van der Waals surface area contributed by atoms with Crippen LogP contribution in [0.4, 0.5) is 5.69 Å². The number of piperidine rings is 1. The maximum atomic E-state index is 6.01. The predicted molar refractivity (Wildman–Crippen MR) is 58.4 cm³/mol. The van der Waals surface area contributed by atoms with Gasteiger partial charge in [0.1, 0.15) is 5.15 Å². The number of rotatable bonds is 1. The summed E-state index contributed by atoms with van der Waals surface area (Å²) in [6.07, 6.45) is 5.40. The van der Waals surface area contributed by atoms with Crippen molar-refractivity contribution in [1.29, 1.82) is 0 Å². The Morgan fingerprint density at radius 2 is 2.29 bits per heavy atom. The molecule has 1 aromatic rings. The van der Waals surface area contributed by atoms with Gasteiger partial charge in [-0.05, 0) is 31.4 Å². The van der Waals surface area contributed by atoms with Crippen molar-refractivity contribution >= 4 is 17.3 Å². The summed E-state index contributed by atoms with van der Waals surface area (Å²) in [7, 11) is 0. The van der Waals surface area contributed by atoms with Gasteiger partial charge in [0.25, 0.3) is 0 Å². The van der Waals surface area contributed by atoms with Crippen molar-refractivity contribution in [2.24, 2.45) is 5.73 Å². The zero-order chi connectivity index (χ0) is 9.97. The van der Waals surface area contributed by atoms with Crippen LogP contribution in [0.25, 0.3) is 0 Å². The van der Waals surface area contributed by atoms with Crippen LogP contribution in [0.3, 0.4) is 0 Å². The second kappa shape index (κ2) is 4.15. The van der Waals surface area contributed by atoms with Crippen molar-refractivity contribution in [3.63, 3.8) is 0 Å². The van der Waals surface area contributed by atoms with E-state index >= 15 is 0 Å². The summed E-state index contributed by atoms with van der Waals surface area (Å²) in [5.41, 5.74) is 7.09. The normalized spacial score (nSPS) is 22.4. The van der Waals surface area contributed by atoms with Gasteiger partial charge in [0.2, 0.25) is 0 Å². The number of hydrogen-bond donors (Lipinski definition) is 1. The molecule has 1 aromatic heterocycles. The molecular weight excluding hydrogens is 198 g/mol. The summed E-state index contributed by atoms with van der Waals surface area (Å²) >= 11 is 5.73. The molecule has 1 atom stereocenters. The number of hydrogen-bond acceptors (Lipinski definition) is 3. The topological polar surface area (TPSA) is 42.1 Å². The third-order valence-corrected chi connectivity index (χ3v) is 2.82. The van der Waals surface area contributed by atoms with E-state index in [1.807, 2.05) is 6.07 Å². The summed E-state index contributed by atoms with van der Waals surface area (Å²) in [6, 6.07) is 3.78. The lowest BCUT2D eigenvalue weighted by Gasteiger charge is -2.34. The average molecular weight is 212 g/mol. The van der Waals surface area contributed by atoms with Gasteiger partial charge in [0.05, 0.1) is 18.1 Å². The summed E-state index contributed by atoms with van der Waals surface area (Å²) in [6.45, 7) is 1.02. The first kappa shape index (κ1) is 9.74. The van der Waals surface area contributed by atoms with Crippen molar-refractivity contribution in [3.8, 4) is 0 Å². The Morgan fingerprint density at radius 3 is 2.93 bits per heavy atom. The van der Waals surface area contributed by atoms with Crippen LogP contribution in [0.5, 0.6) is 0 Å². The molecule has 0 spiro atoms. The maximum absolute atomic E-state index is 6.01. The minimum absolute atomic E-state index is 0.131. The SMILES string of the molecule is NC1CCCCN1c1ccc(Cl)nc1. The highest BCUT2D eigenvalue weighted by molar-refractivity contribution is 6.29. The Labute approximate surface area is 88.9 Å². The molecule has 14 heavy (non-hydrogen) atoms. The van der Waals surface area contributed by atoms with Gasteiger partial charge in [-0.1, -0.05) is 11.6 Å². The fourth-order valence-corrected chi connectivity index (χ4v) is 1.93. The molecular formula is C10H14ClN3. The number of aromatic nitrogens is 1. The van der Waals surface area contributed by atoms with E-state index in [1.54, 1.807) is 12.3 Å². The van der Waals surface area contributed by atoms with Crippen molar-refractivity contribution in [2.75, 3.05) is 11.4 Å². The summed E-state index contributed by atoms with van der Waals surface area (Å²) < 4.78 is 0. The van der Waals surface area contributed by atoms with Crippen molar-refractivity contribution in [2.45, 2.75) is 25.4 Å². The van der Waals surface area contributed by atoms with Crippen LogP contribution in [0, 0.1) is 0 Å². The highest BCUT2D eigenvalue weighted by atomic mass is 35.5. The van der Waals surface area contributed by atoms with E-state index in [9.17, 15) is 0 Å². The second-order valence-corrected chi connectivity index (χ2v) is 3.98. The largest absolute Gasteiger partial charge is 0.355 e. The first-order valence-corrected chi connectivity index (χ1v) is 5.29. The monoisotopic (exact) mass is 211 g/mol. The third kappa shape index (κ3) is 1.99. The molecule has 3 nitrogen and oxygen atoms in total. The predicted octanol–water partition coefficient (Wildman–Crippen LogP) is 2.01. The number of nitrogens with two attached hydrogens (primary N) is 1. The number of pyridine rings is 1. The van der Waals surface area contributed by atoms with E-state index in [-0.39, 0.29) is 6.17 Å². The second-order valence-electron chi connectivity index (χ2n) is 3.60. The minimum Gasteiger partial charge on any atom is -0.355 e. The van der Waals surface area contributed by atoms with E-state index in [2.05, 4.69) is 9.88 Å². The van der Waals surface area contributed by atoms with Crippen molar-refractivity contribution < 1.29 is 0 Å². The molecule has 0 aliphatic carbocycles. The maximum Gasteiger partial charge on any atom is 0.129 e. The van der Waals surface area contributed by atoms with E-state index in [0.717, 1.165) is 18.7 Å². The molecule has 76 valence electrons. The minimum atomic E-state index is 0.131. The molecule has 4 heteroatoms. The molecule has 1 aliphatic rings. The lowest BCUT2D eigenvalue weighted by atomic mass is 10.1. The van der Waals surface area contributed by atoms with Crippen LogP contribution in [0.2, 0.25) is 5.15 Å². The van der Waals surface area contributed by atoms with Crippen LogP contribution in [0.1, 0.15) is 19.3 Å². The highest BCUT2D eigenvalue weighted by Gasteiger charge is 2.18. The van der Waals surface area contributed by atoms with Crippen LogP contribution >= 0.6 is 11.6 Å². The molecule has 0 amide bonds. The molecule has 1 unspecified atom stereocenters. The molecule has 0 bridgehead atoms. The molecule has 2 N–H and O–H groups in total. The van der Waals surface area contributed by atoms with Crippen LogP contribution in [-0.4, -0.2) is 17.7 Å². The average Bonchev–Trinajstić information content (AvgIpc) is 2.20. The van der Waals surface area contributed by atoms with Crippen LogP contribution in [-0.2, 0) is 0 Å². The van der Waals surface area contributed by atoms with Crippen LogP contribution < -0.4 is 10.6 Å². The van der Waals surface area contributed by atoms with Gasteiger partial charge < -0.3 is 10.6 Å². The Kier molecular flexibility index (Phi) is 2.89. The highest BCUT2D eigenvalue weighted by Crippen LogP contribution is 2.22. The van der Waals surface area contributed by atoms with Gasteiger partial charge in [-0.25, -0.2) is 4.98 Å². The zero-order valence-electron chi connectivity index (χ0n) is 7.99. The smallest absolute Gasteiger partial charge is 0.129 e. The zero-order valence-corrected chi connectivity index (χ0v) is 8.74. The summed E-state index contributed by atoms with van der Waals surface area (Å²) in [5.74, 6) is 0. The van der Waals surface area contributed by atoms with Gasteiger partial charge in [0.15, 0.2) is 0 Å². The van der Waals surface area contributed by atoms with Gasteiger partial charge in [-0.3, -0.25) is 0 Å². The molecule has 0 saturated carbocycles. The molecule has 1 saturated heterocycles. The van der Waals surface area contributed by atoms with Crippen LogP contribution in [0.15, 0.2) is 18.3 Å². The van der Waals surface area contributed by atoms with Crippen molar-refractivity contribution in [3.05, 3.63) is 23.5 Å². The van der Waals surface area contributed by atoms with Gasteiger partial charge >= 0.3 is 0 Å². The van der Waals surface area contributed by atoms with Crippen molar-refractivity contribution in [1.82, 2.24) is 4.98 Å². The fourth-order valence-electron chi connectivity index (χ4n) is 1.82. The van der Waals surface area contributed by atoms with E-state index in [4.69, 9.17) is 17.3 Å². The summed E-state index contributed by atoms with van der Waals surface area (Å²) in [4.78, 5) is 6.24. The summed E-state index contributed by atoms with van der Waals surface area (Å²) in [5, 5.41) is 0.527. The van der Waals surface area contributed by atoms with E-state index < -0.39 is 0 Å². The molecule has 0 radical (unpaired) electrons. The lowest BCUT2D eigenvalue weighted by Crippen LogP contribution is -2.45. The van der Waals surface area contributed by atoms with Gasteiger partial charge in [-0.15, -0.1) is 0 Å². The Morgan fingerprint density at radius 1 is 1.43 bits per heavy atom. The molecule has 2 heterocycles. The standard InChI is InChI=1S/C10H14ClN3/c11-9-5-4-8(7-13-9)14-6-2-1-3-10(14)12/h4-5,7,10H,1-3,6,12H2. The third-order valence-electron chi connectivity index (χ3n) is 2.59. The molecule has 1 aliphatic heterocycles. The molecule has 0 aromatic carbocycles. The molecule has 2 rings (SSSR count). The Bertz CT molecular complexity index is 299.